The Kier molecular flexibility index (Phi) is 3.41. The number of fused-ring (bicyclic) bond motifs is 1. The molecule has 0 radical (unpaired) electrons. The number of benzene rings is 1. The zero-order valence-corrected chi connectivity index (χ0v) is 11.8. The zero-order chi connectivity index (χ0) is 12.5. The molecular weight excluding hydrogens is 268 g/mol. The normalized spacial score (nSPS) is 17.2. The molecule has 18 heavy (non-hydrogen) atoms. The van der Waals surface area contributed by atoms with Gasteiger partial charge in [-0.05, 0) is 31.4 Å². The van der Waals surface area contributed by atoms with Gasteiger partial charge in [0.2, 0.25) is 0 Å². The maximum absolute atomic E-state index is 6.21. The molecule has 0 unspecified atom stereocenters. The van der Waals surface area contributed by atoms with Gasteiger partial charge in [-0.2, -0.15) is 0 Å². The van der Waals surface area contributed by atoms with Gasteiger partial charge in [0.25, 0.3) is 0 Å². The predicted molar refractivity (Wildman–Crippen MR) is 76.8 cm³/mol. The Morgan fingerprint density at radius 3 is 2.89 bits per heavy atom. The highest BCUT2D eigenvalue weighted by Crippen LogP contribution is 2.34. The molecule has 1 saturated heterocycles. The third-order valence-corrected chi connectivity index (χ3v) is 4.69. The first-order valence-electron chi connectivity index (χ1n) is 6.14. The predicted octanol–water partition coefficient (Wildman–Crippen LogP) is 3.85. The van der Waals surface area contributed by atoms with Crippen molar-refractivity contribution < 1.29 is 4.74 Å². The molecule has 1 aromatic carbocycles. The largest absolute Gasteiger partial charge is 0.381 e. The summed E-state index contributed by atoms with van der Waals surface area (Å²) in [5.74, 6) is 0. The van der Waals surface area contributed by atoms with Gasteiger partial charge < -0.3 is 10.1 Å². The molecule has 3 rings (SSSR count). The monoisotopic (exact) mass is 282 g/mol. The smallest absolute Gasteiger partial charge is 0.184 e. The van der Waals surface area contributed by atoms with Gasteiger partial charge in [-0.15, -0.1) is 0 Å². The number of thiazole rings is 1. The highest BCUT2D eigenvalue weighted by Gasteiger charge is 2.16. The van der Waals surface area contributed by atoms with E-state index in [1.807, 2.05) is 12.1 Å². The molecule has 0 spiro atoms. The number of hydrogen-bond acceptors (Lipinski definition) is 4. The Bertz CT molecular complexity index is 524. The summed E-state index contributed by atoms with van der Waals surface area (Å²) >= 11 is 7.84. The van der Waals surface area contributed by atoms with Crippen LogP contribution in [0.4, 0.5) is 5.13 Å². The van der Waals surface area contributed by atoms with Crippen LogP contribution in [0.5, 0.6) is 0 Å². The minimum absolute atomic E-state index is 0.471. The molecule has 1 N–H and O–H groups in total. The topological polar surface area (TPSA) is 34.1 Å². The van der Waals surface area contributed by atoms with E-state index in [-0.39, 0.29) is 0 Å². The van der Waals surface area contributed by atoms with Gasteiger partial charge in [-0.3, -0.25) is 0 Å². The molecule has 1 aliphatic rings. The van der Waals surface area contributed by atoms with Crippen molar-refractivity contribution in [1.29, 1.82) is 0 Å². The Labute approximate surface area is 115 Å². The average Bonchev–Trinajstić information content (AvgIpc) is 2.80. The molecule has 1 fully saturated rings. The number of aryl methyl sites for hydroxylation is 1. The third-order valence-electron chi connectivity index (χ3n) is 3.25. The van der Waals surface area contributed by atoms with Crippen LogP contribution in [0, 0.1) is 6.92 Å². The summed E-state index contributed by atoms with van der Waals surface area (Å²) in [6.07, 6.45) is 2.09. The van der Waals surface area contributed by atoms with Crippen molar-refractivity contribution in [3.05, 3.63) is 22.7 Å². The standard InChI is InChI=1S/C13H15ClN2OS/c1-8-2-3-10(14)12-11(8)16-13(18-12)15-9-4-6-17-7-5-9/h2-3,9H,4-7H2,1H3,(H,15,16). The number of hydrogen-bond donors (Lipinski definition) is 1. The van der Waals surface area contributed by atoms with Gasteiger partial charge >= 0.3 is 0 Å². The second-order valence-corrected chi connectivity index (χ2v) is 6.00. The minimum Gasteiger partial charge on any atom is -0.381 e. The van der Waals surface area contributed by atoms with Crippen LogP contribution in [0.15, 0.2) is 12.1 Å². The van der Waals surface area contributed by atoms with E-state index in [0.717, 1.165) is 46.4 Å². The maximum atomic E-state index is 6.21. The first-order valence-corrected chi connectivity index (χ1v) is 7.33. The van der Waals surface area contributed by atoms with Gasteiger partial charge in [0, 0.05) is 19.3 Å². The van der Waals surface area contributed by atoms with E-state index < -0.39 is 0 Å². The first-order chi connectivity index (χ1) is 8.74. The fourth-order valence-corrected chi connectivity index (χ4v) is 3.47. The number of nitrogens with zero attached hydrogens (tertiary/aromatic N) is 1. The lowest BCUT2D eigenvalue weighted by atomic mass is 10.1. The van der Waals surface area contributed by atoms with Crippen molar-refractivity contribution in [2.45, 2.75) is 25.8 Å². The van der Waals surface area contributed by atoms with Crippen LogP contribution in [0.2, 0.25) is 5.02 Å². The van der Waals surface area contributed by atoms with Crippen LogP contribution >= 0.6 is 22.9 Å². The van der Waals surface area contributed by atoms with E-state index in [9.17, 15) is 0 Å². The molecule has 1 aliphatic heterocycles. The number of nitrogens with one attached hydrogen (secondary N) is 1. The minimum atomic E-state index is 0.471. The Morgan fingerprint density at radius 1 is 1.39 bits per heavy atom. The first kappa shape index (κ1) is 12.2. The number of anilines is 1. The van der Waals surface area contributed by atoms with Gasteiger partial charge in [-0.25, -0.2) is 4.98 Å². The SMILES string of the molecule is Cc1ccc(Cl)c2sc(NC3CCOCC3)nc12. The number of ether oxygens (including phenoxy) is 1. The van der Waals surface area contributed by atoms with Crippen LogP contribution in [0.3, 0.4) is 0 Å². The Hall–Kier alpha value is -0.840. The molecule has 2 aromatic rings. The highest BCUT2D eigenvalue weighted by molar-refractivity contribution is 7.22. The molecule has 1 aromatic heterocycles. The van der Waals surface area contributed by atoms with E-state index in [0.29, 0.717) is 6.04 Å². The van der Waals surface area contributed by atoms with Crippen molar-refractivity contribution in [1.82, 2.24) is 4.98 Å². The molecule has 5 heteroatoms. The Morgan fingerprint density at radius 2 is 2.17 bits per heavy atom. The number of halogens is 1. The molecular formula is C13H15ClN2OS. The molecule has 0 aliphatic carbocycles. The maximum Gasteiger partial charge on any atom is 0.184 e. The quantitative estimate of drug-likeness (QED) is 0.908. The summed E-state index contributed by atoms with van der Waals surface area (Å²) in [6, 6.07) is 4.43. The second-order valence-electron chi connectivity index (χ2n) is 4.59. The van der Waals surface area contributed by atoms with Gasteiger partial charge in [0.05, 0.1) is 15.2 Å². The fourth-order valence-electron chi connectivity index (χ4n) is 2.18. The highest BCUT2D eigenvalue weighted by atomic mass is 35.5. The average molecular weight is 283 g/mol. The van der Waals surface area contributed by atoms with Crippen LogP contribution in [-0.4, -0.2) is 24.2 Å². The van der Waals surface area contributed by atoms with E-state index in [1.165, 1.54) is 5.56 Å². The Balaban J connectivity index is 1.88. The molecule has 2 heterocycles. The van der Waals surface area contributed by atoms with E-state index in [4.69, 9.17) is 16.3 Å². The van der Waals surface area contributed by atoms with Crippen molar-refractivity contribution in [2.75, 3.05) is 18.5 Å². The number of aromatic nitrogens is 1. The lowest BCUT2D eigenvalue weighted by molar-refractivity contribution is 0.0904. The summed E-state index contributed by atoms with van der Waals surface area (Å²) in [5, 5.41) is 5.24. The summed E-state index contributed by atoms with van der Waals surface area (Å²) in [5.41, 5.74) is 2.19. The summed E-state index contributed by atoms with van der Waals surface area (Å²) in [4.78, 5) is 4.65. The molecule has 0 bridgehead atoms. The van der Waals surface area contributed by atoms with Crippen molar-refractivity contribution in [3.63, 3.8) is 0 Å². The molecule has 3 nitrogen and oxygen atoms in total. The van der Waals surface area contributed by atoms with Crippen molar-refractivity contribution in [3.8, 4) is 0 Å². The second kappa shape index (κ2) is 5.03. The van der Waals surface area contributed by atoms with Crippen LogP contribution in [0.25, 0.3) is 10.2 Å². The van der Waals surface area contributed by atoms with E-state index in [1.54, 1.807) is 11.3 Å². The summed E-state index contributed by atoms with van der Waals surface area (Å²) in [7, 11) is 0. The lowest BCUT2D eigenvalue weighted by Gasteiger charge is -2.22. The van der Waals surface area contributed by atoms with Crippen LogP contribution < -0.4 is 5.32 Å². The zero-order valence-electron chi connectivity index (χ0n) is 10.2. The van der Waals surface area contributed by atoms with E-state index >= 15 is 0 Å². The third kappa shape index (κ3) is 2.32. The molecule has 0 amide bonds. The van der Waals surface area contributed by atoms with Crippen molar-refractivity contribution >= 4 is 38.3 Å². The summed E-state index contributed by atoms with van der Waals surface area (Å²) < 4.78 is 6.43. The van der Waals surface area contributed by atoms with Gasteiger partial charge in [0.15, 0.2) is 5.13 Å². The molecule has 96 valence electrons. The number of rotatable bonds is 2. The molecule has 0 saturated carbocycles. The molecule has 0 atom stereocenters. The van der Waals surface area contributed by atoms with Gasteiger partial charge in [0.1, 0.15) is 0 Å². The lowest BCUT2D eigenvalue weighted by Crippen LogP contribution is -2.27. The van der Waals surface area contributed by atoms with Crippen LogP contribution in [0.1, 0.15) is 18.4 Å². The van der Waals surface area contributed by atoms with Crippen LogP contribution in [-0.2, 0) is 4.74 Å². The van der Waals surface area contributed by atoms with Gasteiger partial charge in [-0.1, -0.05) is 29.0 Å². The van der Waals surface area contributed by atoms with E-state index in [2.05, 4.69) is 17.2 Å². The van der Waals surface area contributed by atoms with Crippen molar-refractivity contribution in [2.24, 2.45) is 0 Å². The summed E-state index contributed by atoms with van der Waals surface area (Å²) in [6.45, 7) is 3.74. The fraction of sp³-hybridized carbons (Fsp3) is 0.462.